The van der Waals surface area contributed by atoms with Crippen molar-refractivity contribution in [3.8, 4) is 0 Å². The Balaban J connectivity index is 3.39. The van der Waals surface area contributed by atoms with E-state index in [-0.39, 0.29) is 30.0 Å². The van der Waals surface area contributed by atoms with Gasteiger partial charge in [0.05, 0.1) is 17.5 Å². The lowest BCUT2D eigenvalue weighted by molar-refractivity contribution is -0.151. The smallest absolute Gasteiger partial charge is 0.323 e. The standard InChI is InChI=1S/C29H45N3O3/c1-11-22(7)28(25(17-32(9)10)14-21(6)18-33)31-26-15-24(13-12-23(26)8)16-30-27(19(2)3)29(34)35-20(4)5/h12-15,17-20,22,27,30H,11,16H2,1-10H3/b21-14-,25-17+,31-28?. The third-order valence-corrected chi connectivity index (χ3v) is 5.65. The SMILES string of the molecule is CCC(C)C(=Nc1cc(CNC(C(=O)OC(C)C)C(C)C)ccc1C)C(/C=C(/C)C=O)=C/N(C)C. The van der Waals surface area contributed by atoms with Crippen molar-refractivity contribution >= 4 is 23.7 Å². The maximum atomic E-state index is 12.5. The monoisotopic (exact) mass is 483 g/mol. The summed E-state index contributed by atoms with van der Waals surface area (Å²) >= 11 is 0. The first-order valence-corrected chi connectivity index (χ1v) is 12.5. The number of aryl methyl sites for hydroxylation is 1. The molecule has 0 fully saturated rings. The van der Waals surface area contributed by atoms with Crippen LogP contribution in [-0.4, -0.2) is 49.1 Å². The van der Waals surface area contributed by atoms with Gasteiger partial charge < -0.3 is 15.0 Å². The second-order valence-corrected chi connectivity index (χ2v) is 10.1. The molecule has 0 aliphatic rings. The number of aldehydes is 1. The van der Waals surface area contributed by atoms with Crippen LogP contribution in [0.4, 0.5) is 5.69 Å². The maximum Gasteiger partial charge on any atom is 0.323 e. The van der Waals surface area contributed by atoms with Gasteiger partial charge in [0, 0.05) is 32.4 Å². The molecular formula is C29H45N3O3. The molecule has 1 aromatic rings. The number of nitrogens with zero attached hydrogens (tertiary/aromatic N) is 2. The number of carbonyl (C=O) groups is 2. The van der Waals surface area contributed by atoms with E-state index in [0.29, 0.717) is 12.1 Å². The lowest BCUT2D eigenvalue weighted by atomic mass is 9.94. The van der Waals surface area contributed by atoms with Gasteiger partial charge in [0.25, 0.3) is 0 Å². The van der Waals surface area contributed by atoms with Crippen LogP contribution in [0.15, 0.2) is 46.6 Å². The molecule has 1 aromatic carbocycles. The van der Waals surface area contributed by atoms with E-state index >= 15 is 0 Å². The summed E-state index contributed by atoms with van der Waals surface area (Å²) in [5.74, 6) is 0.0807. The Morgan fingerprint density at radius 3 is 2.34 bits per heavy atom. The number of rotatable bonds is 13. The minimum absolute atomic E-state index is 0.104. The maximum absolute atomic E-state index is 12.5. The van der Waals surface area contributed by atoms with Crippen LogP contribution in [-0.2, 0) is 20.9 Å². The van der Waals surface area contributed by atoms with Gasteiger partial charge in [-0.2, -0.15) is 0 Å². The van der Waals surface area contributed by atoms with Gasteiger partial charge in [0.15, 0.2) is 0 Å². The summed E-state index contributed by atoms with van der Waals surface area (Å²) in [5.41, 5.74) is 5.50. The summed E-state index contributed by atoms with van der Waals surface area (Å²) in [4.78, 5) is 30.9. The molecule has 6 heteroatoms. The molecule has 0 radical (unpaired) electrons. The van der Waals surface area contributed by atoms with E-state index in [0.717, 1.165) is 40.8 Å². The van der Waals surface area contributed by atoms with Crippen LogP contribution in [0.3, 0.4) is 0 Å². The molecule has 0 bridgehead atoms. The predicted molar refractivity (Wildman–Crippen MR) is 146 cm³/mol. The van der Waals surface area contributed by atoms with Crippen LogP contribution in [0.5, 0.6) is 0 Å². The lowest BCUT2D eigenvalue weighted by Gasteiger charge is -2.22. The Labute approximate surface area is 212 Å². The van der Waals surface area contributed by atoms with Crippen LogP contribution >= 0.6 is 0 Å². The van der Waals surface area contributed by atoms with Crippen LogP contribution in [0.1, 0.15) is 66.0 Å². The molecule has 0 spiro atoms. The zero-order valence-electron chi connectivity index (χ0n) is 23.3. The second kappa shape index (κ2) is 14.6. The molecule has 0 aliphatic heterocycles. The number of carbonyl (C=O) groups excluding carboxylic acids is 2. The first kappa shape index (κ1) is 30.3. The number of nitrogens with one attached hydrogen (secondary N) is 1. The minimum Gasteiger partial charge on any atom is -0.462 e. The van der Waals surface area contributed by atoms with Gasteiger partial charge in [-0.15, -0.1) is 0 Å². The van der Waals surface area contributed by atoms with Gasteiger partial charge in [0.2, 0.25) is 0 Å². The van der Waals surface area contributed by atoms with Gasteiger partial charge in [-0.1, -0.05) is 39.8 Å². The number of aliphatic imine (C=N–C) groups is 1. The average Bonchev–Trinajstić information content (AvgIpc) is 2.77. The third kappa shape index (κ3) is 10.2. The molecule has 1 N–H and O–H groups in total. The Hall–Kier alpha value is -2.73. The van der Waals surface area contributed by atoms with E-state index in [2.05, 4.69) is 37.4 Å². The number of allylic oxidation sites excluding steroid dienone is 3. The van der Waals surface area contributed by atoms with Crippen molar-refractivity contribution in [3.05, 3.63) is 52.7 Å². The van der Waals surface area contributed by atoms with E-state index in [1.54, 1.807) is 6.92 Å². The van der Waals surface area contributed by atoms with E-state index in [1.165, 1.54) is 0 Å². The highest BCUT2D eigenvalue weighted by Crippen LogP contribution is 2.25. The largest absolute Gasteiger partial charge is 0.462 e. The van der Waals surface area contributed by atoms with E-state index in [4.69, 9.17) is 9.73 Å². The highest BCUT2D eigenvalue weighted by molar-refractivity contribution is 6.06. The highest BCUT2D eigenvalue weighted by Gasteiger charge is 2.24. The fourth-order valence-electron chi connectivity index (χ4n) is 3.53. The van der Waals surface area contributed by atoms with Gasteiger partial charge in [-0.05, 0) is 74.8 Å². The Morgan fingerprint density at radius 1 is 1.17 bits per heavy atom. The van der Waals surface area contributed by atoms with Gasteiger partial charge in [-0.3, -0.25) is 14.6 Å². The number of ether oxygens (including phenoxy) is 1. The fourth-order valence-corrected chi connectivity index (χ4v) is 3.53. The lowest BCUT2D eigenvalue weighted by Crippen LogP contribution is -2.42. The van der Waals surface area contributed by atoms with Crippen LogP contribution < -0.4 is 5.32 Å². The van der Waals surface area contributed by atoms with E-state index in [1.807, 2.05) is 65.9 Å². The van der Waals surface area contributed by atoms with Crippen molar-refractivity contribution in [3.63, 3.8) is 0 Å². The van der Waals surface area contributed by atoms with Crippen molar-refractivity contribution in [1.82, 2.24) is 10.2 Å². The van der Waals surface area contributed by atoms with Crippen molar-refractivity contribution in [2.45, 2.75) is 80.5 Å². The average molecular weight is 484 g/mol. The number of hydrogen-bond acceptors (Lipinski definition) is 6. The normalized spacial score (nSPS) is 14.8. The Bertz CT molecular complexity index is 942. The van der Waals surface area contributed by atoms with Gasteiger partial charge in [-0.25, -0.2) is 0 Å². The van der Waals surface area contributed by atoms with Crippen LogP contribution in [0.25, 0.3) is 0 Å². The van der Waals surface area contributed by atoms with Crippen molar-refractivity contribution in [2.24, 2.45) is 16.8 Å². The molecule has 0 aromatic heterocycles. The zero-order chi connectivity index (χ0) is 26.7. The summed E-state index contributed by atoms with van der Waals surface area (Å²) in [6.45, 7) is 16.4. The molecule has 0 amide bonds. The molecule has 2 atom stereocenters. The van der Waals surface area contributed by atoms with Crippen molar-refractivity contribution in [2.75, 3.05) is 14.1 Å². The first-order valence-electron chi connectivity index (χ1n) is 12.5. The molecule has 2 unspecified atom stereocenters. The first-order chi connectivity index (χ1) is 16.4. The highest BCUT2D eigenvalue weighted by atomic mass is 16.5. The minimum atomic E-state index is -0.382. The second-order valence-electron chi connectivity index (χ2n) is 10.1. The molecule has 35 heavy (non-hydrogen) atoms. The Kier molecular flexibility index (Phi) is 12.7. The topological polar surface area (TPSA) is 71.0 Å². The summed E-state index contributed by atoms with van der Waals surface area (Å²) in [7, 11) is 3.93. The number of esters is 1. The summed E-state index contributed by atoms with van der Waals surface area (Å²) in [6.07, 6.45) is 5.54. The third-order valence-electron chi connectivity index (χ3n) is 5.65. The fraction of sp³-hybridized carbons (Fsp3) is 0.552. The molecule has 0 saturated heterocycles. The molecule has 0 saturated carbocycles. The summed E-state index contributed by atoms with van der Waals surface area (Å²) < 4.78 is 5.43. The summed E-state index contributed by atoms with van der Waals surface area (Å²) in [5, 5.41) is 3.37. The van der Waals surface area contributed by atoms with Crippen molar-refractivity contribution in [1.29, 1.82) is 0 Å². The van der Waals surface area contributed by atoms with Crippen LogP contribution in [0, 0.1) is 18.8 Å². The molecule has 194 valence electrons. The number of hydrogen-bond donors (Lipinski definition) is 1. The molecule has 0 heterocycles. The van der Waals surface area contributed by atoms with Crippen LogP contribution in [0.2, 0.25) is 0 Å². The summed E-state index contributed by atoms with van der Waals surface area (Å²) in [6, 6.07) is 5.80. The van der Waals surface area contributed by atoms with Gasteiger partial charge in [0.1, 0.15) is 12.3 Å². The molecule has 6 nitrogen and oxygen atoms in total. The predicted octanol–water partition coefficient (Wildman–Crippen LogP) is 5.77. The zero-order valence-corrected chi connectivity index (χ0v) is 23.3. The molecular weight excluding hydrogens is 438 g/mol. The quantitative estimate of drug-likeness (QED) is 0.127. The van der Waals surface area contributed by atoms with E-state index in [9.17, 15) is 9.59 Å². The molecule has 1 rings (SSSR count). The Morgan fingerprint density at radius 2 is 1.83 bits per heavy atom. The van der Waals surface area contributed by atoms with E-state index < -0.39 is 0 Å². The van der Waals surface area contributed by atoms with Gasteiger partial charge >= 0.3 is 5.97 Å². The molecule has 0 aliphatic carbocycles. The van der Waals surface area contributed by atoms with Crippen molar-refractivity contribution < 1.29 is 14.3 Å². The number of benzene rings is 1.